The quantitative estimate of drug-likeness (QED) is 0.846. The van der Waals surface area contributed by atoms with E-state index in [-0.39, 0.29) is 6.54 Å². The molecule has 0 N–H and O–H groups in total. The van der Waals surface area contributed by atoms with Gasteiger partial charge < -0.3 is 9.47 Å². The van der Waals surface area contributed by atoms with Crippen LogP contribution in [-0.2, 0) is 16.6 Å². The first kappa shape index (κ1) is 16.7. The molecule has 0 saturated carbocycles. The van der Waals surface area contributed by atoms with Gasteiger partial charge in [0.05, 0.1) is 0 Å². The highest BCUT2D eigenvalue weighted by molar-refractivity contribution is 7.89. The average molecular weight is 355 g/mol. The Kier molecular flexibility index (Phi) is 4.42. The van der Waals surface area contributed by atoms with Crippen molar-refractivity contribution < 1.29 is 26.7 Å². The van der Waals surface area contributed by atoms with Crippen molar-refractivity contribution in [1.82, 2.24) is 4.31 Å². The summed E-state index contributed by atoms with van der Waals surface area (Å²) in [4.78, 5) is -0.954. The number of sulfonamides is 1. The number of rotatable bonds is 4. The number of hydrogen-bond donors (Lipinski definition) is 0. The molecule has 0 radical (unpaired) electrons. The molecule has 0 bridgehead atoms. The monoisotopic (exact) mass is 355 g/mol. The van der Waals surface area contributed by atoms with Crippen molar-refractivity contribution in [3.63, 3.8) is 0 Å². The summed E-state index contributed by atoms with van der Waals surface area (Å²) in [5.41, 5.74) is 0.613. The first-order valence-corrected chi connectivity index (χ1v) is 8.62. The number of fused-ring (bicyclic) bond motifs is 1. The second kappa shape index (κ2) is 6.37. The van der Waals surface area contributed by atoms with Crippen molar-refractivity contribution in [2.75, 3.05) is 20.3 Å². The molecule has 0 atom stereocenters. The molecule has 128 valence electrons. The van der Waals surface area contributed by atoms with Crippen LogP contribution in [0, 0.1) is 11.6 Å². The molecule has 0 saturated heterocycles. The smallest absolute Gasteiger partial charge is 0.248 e. The van der Waals surface area contributed by atoms with Crippen LogP contribution in [0.1, 0.15) is 5.56 Å². The van der Waals surface area contributed by atoms with Crippen molar-refractivity contribution in [3.8, 4) is 11.5 Å². The molecule has 0 aromatic heterocycles. The van der Waals surface area contributed by atoms with Crippen molar-refractivity contribution in [2.24, 2.45) is 0 Å². The molecule has 0 spiro atoms. The predicted octanol–water partition coefficient (Wildman–Crippen LogP) is 2.56. The van der Waals surface area contributed by atoms with Crippen molar-refractivity contribution in [2.45, 2.75) is 11.4 Å². The third-order valence-electron chi connectivity index (χ3n) is 3.60. The molecule has 0 aliphatic carbocycles. The maximum atomic E-state index is 13.8. The SMILES string of the molecule is CN(Cc1ccc2c(c1)OCCO2)S(=O)(=O)c1c(F)cccc1F. The number of hydrogen-bond acceptors (Lipinski definition) is 4. The van der Waals surface area contributed by atoms with E-state index in [1.165, 1.54) is 7.05 Å². The van der Waals surface area contributed by atoms with Crippen LogP contribution in [0.2, 0.25) is 0 Å². The van der Waals surface area contributed by atoms with Crippen LogP contribution < -0.4 is 9.47 Å². The Hall–Kier alpha value is -2.19. The van der Waals surface area contributed by atoms with Gasteiger partial charge in [0, 0.05) is 13.6 Å². The summed E-state index contributed by atoms with van der Waals surface area (Å²) in [6, 6.07) is 7.94. The van der Waals surface area contributed by atoms with Crippen LogP contribution in [-0.4, -0.2) is 33.0 Å². The van der Waals surface area contributed by atoms with E-state index in [2.05, 4.69) is 0 Å². The molecule has 1 aliphatic heterocycles. The van der Waals surface area contributed by atoms with Crippen molar-refractivity contribution in [3.05, 3.63) is 53.6 Å². The minimum Gasteiger partial charge on any atom is -0.486 e. The van der Waals surface area contributed by atoms with Crippen LogP contribution in [0.25, 0.3) is 0 Å². The molecule has 2 aromatic rings. The second-order valence-corrected chi connectivity index (χ2v) is 7.27. The summed E-state index contributed by atoms with van der Waals surface area (Å²) in [6.45, 7) is 0.797. The van der Waals surface area contributed by atoms with Gasteiger partial charge in [-0.1, -0.05) is 12.1 Å². The lowest BCUT2D eigenvalue weighted by Gasteiger charge is -2.21. The molecule has 3 rings (SSSR count). The fraction of sp³-hybridized carbons (Fsp3) is 0.250. The lowest BCUT2D eigenvalue weighted by molar-refractivity contribution is 0.171. The first-order chi connectivity index (χ1) is 11.4. The fourth-order valence-corrected chi connectivity index (χ4v) is 3.67. The molecule has 0 fully saturated rings. The van der Waals surface area contributed by atoms with E-state index in [0.717, 1.165) is 22.5 Å². The molecule has 1 aliphatic rings. The Morgan fingerprint density at radius 3 is 2.33 bits per heavy atom. The first-order valence-electron chi connectivity index (χ1n) is 7.18. The van der Waals surface area contributed by atoms with Crippen LogP contribution in [0.4, 0.5) is 8.78 Å². The van der Waals surface area contributed by atoms with E-state index in [1.54, 1.807) is 18.2 Å². The highest BCUT2D eigenvalue weighted by Gasteiger charge is 2.28. The molecule has 2 aromatic carbocycles. The number of benzene rings is 2. The summed E-state index contributed by atoms with van der Waals surface area (Å²) >= 11 is 0. The Labute approximate surface area is 138 Å². The van der Waals surface area contributed by atoms with Crippen LogP contribution in [0.3, 0.4) is 0 Å². The van der Waals surface area contributed by atoms with E-state index < -0.39 is 26.6 Å². The molecule has 0 unspecified atom stereocenters. The molecule has 1 heterocycles. The maximum absolute atomic E-state index is 13.8. The van der Waals surface area contributed by atoms with Crippen LogP contribution >= 0.6 is 0 Å². The lowest BCUT2D eigenvalue weighted by atomic mass is 10.2. The highest BCUT2D eigenvalue weighted by Crippen LogP contribution is 2.31. The van der Waals surface area contributed by atoms with Crippen LogP contribution in [0.5, 0.6) is 11.5 Å². The van der Waals surface area contributed by atoms with Crippen LogP contribution in [0.15, 0.2) is 41.3 Å². The normalized spacial score (nSPS) is 14.0. The van der Waals surface area contributed by atoms with Gasteiger partial charge >= 0.3 is 0 Å². The van der Waals surface area contributed by atoms with E-state index in [4.69, 9.17) is 9.47 Å². The highest BCUT2D eigenvalue weighted by atomic mass is 32.2. The standard InChI is InChI=1S/C16H15F2NO4S/c1-19(24(20,21)16-12(17)3-2-4-13(16)18)10-11-5-6-14-15(9-11)23-8-7-22-14/h2-6,9H,7-8,10H2,1H3. The predicted molar refractivity (Wildman–Crippen MR) is 82.4 cm³/mol. The third kappa shape index (κ3) is 3.07. The molecule has 0 amide bonds. The Bertz CT molecular complexity index is 850. The molecular formula is C16H15F2NO4S. The van der Waals surface area contributed by atoms with Gasteiger partial charge in [-0.05, 0) is 29.8 Å². The van der Waals surface area contributed by atoms with E-state index in [0.29, 0.717) is 30.3 Å². The van der Waals surface area contributed by atoms with Gasteiger partial charge in [-0.3, -0.25) is 0 Å². The van der Waals surface area contributed by atoms with E-state index in [1.807, 2.05) is 0 Å². The summed E-state index contributed by atoms with van der Waals surface area (Å²) in [5.74, 6) is -1.15. The summed E-state index contributed by atoms with van der Waals surface area (Å²) in [6.07, 6.45) is 0. The zero-order chi connectivity index (χ0) is 17.3. The van der Waals surface area contributed by atoms with E-state index >= 15 is 0 Å². The van der Waals surface area contributed by atoms with Gasteiger partial charge in [-0.2, -0.15) is 4.31 Å². The van der Waals surface area contributed by atoms with Gasteiger partial charge in [-0.15, -0.1) is 0 Å². The van der Waals surface area contributed by atoms with Gasteiger partial charge in [0.2, 0.25) is 10.0 Å². The second-order valence-electron chi connectivity index (χ2n) is 5.29. The topological polar surface area (TPSA) is 55.8 Å². The maximum Gasteiger partial charge on any atom is 0.248 e. The van der Waals surface area contributed by atoms with E-state index in [9.17, 15) is 17.2 Å². The van der Waals surface area contributed by atoms with Gasteiger partial charge in [0.1, 0.15) is 24.8 Å². The zero-order valence-corrected chi connectivity index (χ0v) is 13.6. The summed E-state index contributed by atoms with van der Waals surface area (Å²) in [7, 11) is -3.05. The zero-order valence-electron chi connectivity index (χ0n) is 12.8. The van der Waals surface area contributed by atoms with Crippen molar-refractivity contribution >= 4 is 10.0 Å². The van der Waals surface area contributed by atoms with Gasteiger partial charge in [-0.25, -0.2) is 17.2 Å². The van der Waals surface area contributed by atoms with Crippen molar-refractivity contribution in [1.29, 1.82) is 0 Å². The molecule has 5 nitrogen and oxygen atoms in total. The minimum atomic E-state index is -4.31. The number of halogens is 2. The molecular weight excluding hydrogens is 340 g/mol. The van der Waals surface area contributed by atoms with Gasteiger partial charge in [0.15, 0.2) is 16.4 Å². The largest absolute Gasteiger partial charge is 0.486 e. The average Bonchev–Trinajstić information content (AvgIpc) is 2.54. The fourth-order valence-electron chi connectivity index (χ4n) is 2.41. The Morgan fingerprint density at radius 1 is 1.04 bits per heavy atom. The minimum absolute atomic E-state index is 0.0628. The Morgan fingerprint density at radius 2 is 1.67 bits per heavy atom. The summed E-state index contributed by atoms with van der Waals surface area (Å²) < 4.78 is 64.2. The van der Waals surface area contributed by atoms with Gasteiger partial charge in [0.25, 0.3) is 0 Å². The number of nitrogens with zero attached hydrogens (tertiary/aromatic N) is 1. The third-order valence-corrected chi connectivity index (χ3v) is 5.45. The lowest BCUT2D eigenvalue weighted by Crippen LogP contribution is -2.28. The molecule has 24 heavy (non-hydrogen) atoms. The number of ether oxygens (including phenoxy) is 2. The molecule has 8 heteroatoms. The summed E-state index contributed by atoms with van der Waals surface area (Å²) in [5, 5.41) is 0. The Balaban J connectivity index is 1.88.